The van der Waals surface area contributed by atoms with E-state index in [0.717, 1.165) is 6.07 Å². The first-order valence-corrected chi connectivity index (χ1v) is 5.03. The molecule has 0 aliphatic heterocycles. The average molecular weight is 294 g/mol. The molecular weight excluding hydrogens is 291 g/mol. The molecule has 15 heavy (non-hydrogen) atoms. The molecule has 0 amide bonds. The van der Waals surface area contributed by atoms with E-state index in [-0.39, 0.29) is 20.9 Å². The van der Waals surface area contributed by atoms with E-state index >= 15 is 0 Å². The van der Waals surface area contributed by atoms with Gasteiger partial charge in [0.05, 0.1) is 0 Å². The van der Waals surface area contributed by atoms with Crippen LogP contribution in [0.3, 0.4) is 0 Å². The van der Waals surface area contributed by atoms with Crippen LogP contribution in [0.5, 0.6) is 0 Å². The van der Waals surface area contributed by atoms with E-state index in [1.165, 1.54) is 12.1 Å². The second-order valence-electron chi connectivity index (χ2n) is 2.72. The highest BCUT2D eigenvalue weighted by Crippen LogP contribution is 2.34. The minimum absolute atomic E-state index is 0.0329. The summed E-state index contributed by atoms with van der Waals surface area (Å²) in [5, 5.41) is 3.64. The molecule has 2 rings (SSSR count). The fraction of sp³-hybridized carbons (Fsp3) is 0. The molecular formula is C9H3BrClF2NO. The minimum Gasteiger partial charge on any atom is -0.347 e. The van der Waals surface area contributed by atoms with Gasteiger partial charge in [-0.15, -0.1) is 0 Å². The van der Waals surface area contributed by atoms with Gasteiger partial charge in [-0.3, -0.25) is 0 Å². The highest BCUT2D eigenvalue weighted by molar-refractivity contribution is 9.10. The Morgan fingerprint density at radius 2 is 2.07 bits per heavy atom. The highest BCUT2D eigenvalue weighted by atomic mass is 79.9. The minimum atomic E-state index is -1.000. The molecule has 78 valence electrons. The number of benzene rings is 1. The number of hydrogen-bond acceptors (Lipinski definition) is 2. The summed E-state index contributed by atoms with van der Waals surface area (Å²) in [7, 11) is 0. The predicted octanol–water partition coefficient (Wildman–Crippen LogP) is 4.04. The van der Waals surface area contributed by atoms with Gasteiger partial charge in [-0.05, 0) is 28.1 Å². The summed E-state index contributed by atoms with van der Waals surface area (Å²) in [6.45, 7) is 0. The summed E-state index contributed by atoms with van der Waals surface area (Å²) in [5.74, 6) is -1.96. The van der Waals surface area contributed by atoms with Gasteiger partial charge >= 0.3 is 0 Å². The Balaban J connectivity index is 2.64. The van der Waals surface area contributed by atoms with Gasteiger partial charge in [0.25, 0.3) is 0 Å². The van der Waals surface area contributed by atoms with Crippen LogP contribution in [0.15, 0.2) is 27.4 Å². The second kappa shape index (κ2) is 3.90. The molecule has 0 N–H and O–H groups in total. The monoisotopic (exact) mass is 293 g/mol. The van der Waals surface area contributed by atoms with Crippen LogP contribution in [0.2, 0.25) is 5.02 Å². The Hall–Kier alpha value is -0.940. The Labute approximate surface area is 97.0 Å². The largest absolute Gasteiger partial charge is 0.347 e. The third kappa shape index (κ3) is 1.77. The number of nitrogens with zero attached hydrogens (tertiary/aromatic N) is 1. The summed E-state index contributed by atoms with van der Waals surface area (Å²) < 4.78 is 31.1. The molecule has 0 spiro atoms. The van der Waals surface area contributed by atoms with Crippen molar-refractivity contribution in [3.05, 3.63) is 39.5 Å². The summed E-state index contributed by atoms with van der Waals surface area (Å²) >= 11 is 8.75. The predicted molar refractivity (Wildman–Crippen MR) is 54.6 cm³/mol. The van der Waals surface area contributed by atoms with Crippen LogP contribution in [-0.4, -0.2) is 5.16 Å². The molecule has 1 aromatic heterocycles. The number of halogens is 4. The number of hydrogen-bond donors (Lipinski definition) is 0. The van der Waals surface area contributed by atoms with E-state index < -0.39 is 11.6 Å². The van der Waals surface area contributed by atoms with Crippen molar-refractivity contribution in [2.75, 3.05) is 0 Å². The average Bonchev–Trinajstić information content (AvgIpc) is 2.53. The van der Waals surface area contributed by atoms with Crippen molar-refractivity contribution >= 4 is 27.5 Å². The van der Waals surface area contributed by atoms with E-state index in [1.807, 2.05) is 0 Å². The van der Waals surface area contributed by atoms with E-state index in [0.29, 0.717) is 0 Å². The lowest BCUT2D eigenvalue weighted by molar-refractivity contribution is 0.402. The standard InChI is InChI=1S/C9H3BrClF2NO/c10-9-6(11)8(14-15-9)4-2-1-3-5(12)7(4)13/h1-3H. The number of rotatable bonds is 1. The van der Waals surface area contributed by atoms with Crippen molar-refractivity contribution in [2.45, 2.75) is 0 Å². The molecule has 0 atom stereocenters. The first-order chi connectivity index (χ1) is 7.11. The summed E-state index contributed by atoms with van der Waals surface area (Å²) in [6.07, 6.45) is 0. The van der Waals surface area contributed by atoms with Crippen LogP contribution < -0.4 is 0 Å². The molecule has 0 fully saturated rings. The first-order valence-electron chi connectivity index (χ1n) is 3.86. The smallest absolute Gasteiger partial charge is 0.221 e. The molecule has 0 aliphatic carbocycles. The lowest BCUT2D eigenvalue weighted by atomic mass is 10.1. The molecule has 0 aliphatic rings. The van der Waals surface area contributed by atoms with Crippen molar-refractivity contribution < 1.29 is 13.3 Å². The van der Waals surface area contributed by atoms with Crippen molar-refractivity contribution in [1.82, 2.24) is 5.16 Å². The van der Waals surface area contributed by atoms with Crippen molar-refractivity contribution in [3.63, 3.8) is 0 Å². The molecule has 0 unspecified atom stereocenters. The zero-order valence-electron chi connectivity index (χ0n) is 7.10. The van der Waals surface area contributed by atoms with E-state index in [2.05, 4.69) is 21.1 Å². The second-order valence-corrected chi connectivity index (χ2v) is 3.82. The van der Waals surface area contributed by atoms with E-state index in [1.54, 1.807) is 0 Å². The van der Waals surface area contributed by atoms with Gasteiger partial charge < -0.3 is 4.52 Å². The quantitative estimate of drug-likeness (QED) is 0.793. The zero-order valence-corrected chi connectivity index (χ0v) is 9.44. The van der Waals surface area contributed by atoms with Crippen LogP contribution in [-0.2, 0) is 0 Å². The maximum Gasteiger partial charge on any atom is 0.221 e. The van der Waals surface area contributed by atoms with Gasteiger partial charge in [0.15, 0.2) is 11.6 Å². The van der Waals surface area contributed by atoms with Gasteiger partial charge in [0.2, 0.25) is 4.67 Å². The maximum absolute atomic E-state index is 13.3. The van der Waals surface area contributed by atoms with E-state index in [4.69, 9.17) is 16.1 Å². The van der Waals surface area contributed by atoms with Crippen LogP contribution in [0, 0.1) is 11.6 Å². The molecule has 2 nitrogen and oxygen atoms in total. The Morgan fingerprint density at radius 1 is 1.33 bits per heavy atom. The van der Waals surface area contributed by atoms with Gasteiger partial charge in [0.1, 0.15) is 10.7 Å². The van der Waals surface area contributed by atoms with Crippen LogP contribution in [0.4, 0.5) is 8.78 Å². The van der Waals surface area contributed by atoms with Crippen LogP contribution in [0.1, 0.15) is 0 Å². The van der Waals surface area contributed by atoms with Gasteiger partial charge in [-0.2, -0.15) is 0 Å². The van der Waals surface area contributed by atoms with Gasteiger partial charge in [-0.1, -0.05) is 22.8 Å². The number of aromatic nitrogens is 1. The normalized spacial score (nSPS) is 10.7. The van der Waals surface area contributed by atoms with Gasteiger partial charge in [0, 0.05) is 5.56 Å². The lowest BCUT2D eigenvalue weighted by Gasteiger charge is -1.99. The molecule has 0 bridgehead atoms. The third-order valence-corrected chi connectivity index (χ3v) is 2.92. The van der Waals surface area contributed by atoms with Crippen molar-refractivity contribution in [3.8, 4) is 11.3 Å². The molecule has 1 heterocycles. The summed E-state index contributed by atoms with van der Waals surface area (Å²) in [5.41, 5.74) is 0.0370. The summed E-state index contributed by atoms with van der Waals surface area (Å²) in [4.78, 5) is 0. The maximum atomic E-state index is 13.3. The molecule has 1 aromatic carbocycles. The molecule has 0 radical (unpaired) electrons. The first kappa shape index (κ1) is 10.6. The topological polar surface area (TPSA) is 26.0 Å². The van der Waals surface area contributed by atoms with Crippen LogP contribution in [0.25, 0.3) is 11.3 Å². The van der Waals surface area contributed by atoms with E-state index in [9.17, 15) is 8.78 Å². The van der Waals surface area contributed by atoms with Crippen LogP contribution >= 0.6 is 27.5 Å². The SMILES string of the molecule is Fc1cccc(-c2noc(Br)c2Cl)c1F. The van der Waals surface area contributed by atoms with Gasteiger partial charge in [-0.25, -0.2) is 8.78 Å². The summed E-state index contributed by atoms with van der Waals surface area (Å²) in [6, 6.07) is 3.75. The van der Waals surface area contributed by atoms with Crippen molar-refractivity contribution in [2.24, 2.45) is 0 Å². The Morgan fingerprint density at radius 3 is 2.67 bits per heavy atom. The lowest BCUT2D eigenvalue weighted by Crippen LogP contribution is -1.89. The molecule has 0 saturated carbocycles. The van der Waals surface area contributed by atoms with Crippen molar-refractivity contribution in [1.29, 1.82) is 0 Å². The third-order valence-electron chi connectivity index (χ3n) is 1.80. The Bertz CT molecular complexity index is 515. The molecule has 6 heteroatoms. The molecule has 2 aromatic rings. The fourth-order valence-corrected chi connectivity index (χ4v) is 1.54. The highest BCUT2D eigenvalue weighted by Gasteiger charge is 2.18. The zero-order chi connectivity index (χ0) is 11.0. The molecule has 0 saturated heterocycles. The Kier molecular flexibility index (Phi) is 2.75. The fourth-order valence-electron chi connectivity index (χ4n) is 1.11.